The molecule has 0 saturated heterocycles. The minimum Gasteiger partial charge on any atom is -0.466 e. The fraction of sp³-hybridized carbons (Fsp3) is 0.375. The number of fused-ring (bicyclic) bond motifs is 2. The second-order valence-electron chi connectivity index (χ2n) is 10.6. The molecule has 0 saturated carbocycles. The van der Waals surface area contributed by atoms with Crippen LogP contribution in [-0.2, 0) is 30.9 Å². The minimum absolute atomic E-state index is 0.111. The highest BCUT2D eigenvalue weighted by Gasteiger charge is 2.55. The molecule has 9 nitrogen and oxygen atoms in total. The Balaban J connectivity index is 1.83. The molecule has 1 aliphatic carbocycles. The average molecular weight is 557 g/mol. The molecular weight excluding hydrogens is 520 g/mol. The third-order valence-corrected chi connectivity index (χ3v) is 7.94. The lowest BCUT2D eigenvalue weighted by atomic mass is 9.61. The van der Waals surface area contributed by atoms with Gasteiger partial charge in [-0.15, -0.1) is 0 Å². The van der Waals surface area contributed by atoms with Crippen LogP contribution in [0.4, 0.5) is 11.5 Å². The van der Waals surface area contributed by atoms with Gasteiger partial charge in [0, 0.05) is 43.9 Å². The number of ether oxygens (including phenoxy) is 2. The number of hydrogen-bond acceptors (Lipinski definition) is 8. The normalized spacial score (nSPS) is 21.5. The lowest BCUT2D eigenvalue weighted by Gasteiger charge is -2.42. The first-order chi connectivity index (χ1) is 19.7. The summed E-state index contributed by atoms with van der Waals surface area (Å²) in [5.74, 6) is -3.79. The average Bonchev–Trinajstić information content (AvgIpc) is 3.25. The number of carbonyl (C=O) groups excluding carboxylic acids is 3. The molecule has 2 heterocycles. The Morgan fingerprint density at radius 1 is 0.902 bits per heavy atom. The number of carbonyl (C=O) groups is 3. The molecule has 0 radical (unpaired) electrons. The molecule has 41 heavy (non-hydrogen) atoms. The molecule has 0 spiro atoms. The first-order valence-corrected chi connectivity index (χ1v) is 13.9. The number of aromatic nitrogens is 2. The summed E-state index contributed by atoms with van der Waals surface area (Å²) in [6.07, 6.45) is 0. The van der Waals surface area contributed by atoms with Gasteiger partial charge in [0.05, 0.1) is 30.9 Å². The maximum absolute atomic E-state index is 14.7. The summed E-state index contributed by atoms with van der Waals surface area (Å²) in [6, 6.07) is 16.5. The number of rotatable bonds is 7. The Kier molecular flexibility index (Phi) is 7.71. The molecule has 4 atom stereocenters. The predicted molar refractivity (Wildman–Crippen MR) is 156 cm³/mol. The number of nitrogens with one attached hydrogen (secondary N) is 1. The number of esters is 2. The van der Waals surface area contributed by atoms with Crippen molar-refractivity contribution in [2.24, 2.45) is 18.9 Å². The van der Waals surface area contributed by atoms with E-state index in [1.54, 1.807) is 18.5 Å². The van der Waals surface area contributed by atoms with Crippen molar-refractivity contribution in [2.45, 2.75) is 32.7 Å². The minimum atomic E-state index is -1.23. The lowest BCUT2D eigenvalue weighted by molar-refractivity contribution is -0.154. The number of benzene rings is 2. The van der Waals surface area contributed by atoms with Crippen LogP contribution in [-0.4, -0.2) is 54.8 Å². The van der Waals surface area contributed by atoms with Gasteiger partial charge in [-0.2, -0.15) is 5.10 Å². The first-order valence-electron chi connectivity index (χ1n) is 13.9. The fourth-order valence-corrected chi connectivity index (χ4v) is 6.20. The van der Waals surface area contributed by atoms with Crippen LogP contribution in [0.1, 0.15) is 48.2 Å². The van der Waals surface area contributed by atoms with Gasteiger partial charge in [0.25, 0.3) is 0 Å². The number of hydrogen-bond donors (Lipinski definition) is 1. The van der Waals surface area contributed by atoms with Crippen LogP contribution in [0, 0.1) is 18.8 Å². The topological polar surface area (TPSA) is 103 Å². The summed E-state index contributed by atoms with van der Waals surface area (Å²) >= 11 is 0. The molecule has 3 aromatic rings. The Morgan fingerprint density at radius 2 is 1.51 bits per heavy atom. The van der Waals surface area contributed by atoms with E-state index in [1.807, 2.05) is 87.6 Å². The third kappa shape index (κ3) is 4.79. The highest BCUT2D eigenvalue weighted by Crippen LogP contribution is 2.55. The van der Waals surface area contributed by atoms with E-state index >= 15 is 0 Å². The number of nitrogens with zero attached hydrogens (tertiary/aromatic N) is 3. The highest BCUT2D eigenvalue weighted by molar-refractivity contribution is 6.19. The summed E-state index contributed by atoms with van der Waals surface area (Å²) < 4.78 is 12.9. The van der Waals surface area contributed by atoms with Crippen LogP contribution in [0.25, 0.3) is 5.57 Å². The Bertz CT molecular complexity index is 1510. The largest absolute Gasteiger partial charge is 0.466 e. The van der Waals surface area contributed by atoms with E-state index in [2.05, 4.69) is 10.4 Å². The summed E-state index contributed by atoms with van der Waals surface area (Å²) in [6.45, 7) is 5.58. The monoisotopic (exact) mass is 556 g/mol. The molecule has 0 fully saturated rings. The molecular formula is C32H36N4O5. The Labute approximate surface area is 240 Å². The van der Waals surface area contributed by atoms with Crippen molar-refractivity contribution in [3.8, 4) is 0 Å². The molecule has 2 aliphatic rings. The van der Waals surface area contributed by atoms with E-state index in [4.69, 9.17) is 9.47 Å². The van der Waals surface area contributed by atoms with E-state index in [9.17, 15) is 14.4 Å². The fourth-order valence-electron chi connectivity index (χ4n) is 6.20. The molecule has 9 heteroatoms. The molecule has 214 valence electrons. The number of aryl methyl sites for hydroxylation is 2. The van der Waals surface area contributed by atoms with Gasteiger partial charge in [0.15, 0.2) is 5.78 Å². The van der Waals surface area contributed by atoms with E-state index in [0.29, 0.717) is 33.8 Å². The molecule has 2 aromatic carbocycles. The van der Waals surface area contributed by atoms with Gasteiger partial charge in [-0.05, 0) is 49.6 Å². The van der Waals surface area contributed by atoms with Gasteiger partial charge in [0.2, 0.25) is 0 Å². The zero-order valence-corrected chi connectivity index (χ0v) is 24.3. The Hall–Kier alpha value is -4.40. The van der Waals surface area contributed by atoms with Gasteiger partial charge in [-0.3, -0.25) is 19.1 Å². The smallest absolute Gasteiger partial charge is 0.317 e. The van der Waals surface area contributed by atoms with Gasteiger partial charge in [0.1, 0.15) is 11.7 Å². The second kappa shape index (κ2) is 11.2. The third-order valence-electron chi connectivity index (χ3n) is 7.94. The predicted octanol–water partition coefficient (Wildman–Crippen LogP) is 4.44. The van der Waals surface area contributed by atoms with Crippen molar-refractivity contribution in [3.05, 3.63) is 82.6 Å². The maximum atomic E-state index is 14.7. The van der Waals surface area contributed by atoms with Crippen LogP contribution in [0.5, 0.6) is 0 Å². The second-order valence-corrected chi connectivity index (χ2v) is 10.6. The SMILES string of the molecule is CCOC(=O)[C@@H]1C(=O)C2=C(c3c(C)nn(C)c3N[C@@H]2c2ccc(N(C)C)cc2)[C@@H](C(=O)OCC)[C@@H]1c1ccccc1. The maximum Gasteiger partial charge on any atom is 0.317 e. The summed E-state index contributed by atoms with van der Waals surface area (Å²) in [4.78, 5) is 44.3. The quantitative estimate of drug-likeness (QED) is 0.337. The highest BCUT2D eigenvalue weighted by atomic mass is 16.5. The molecule has 1 aromatic heterocycles. The van der Waals surface area contributed by atoms with Crippen molar-refractivity contribution >= 4 is 34.8 Å². The van der Waals surface area contributed by atoms with E-state index in [1.165, 1.54) is 0 Å². The van der Waals surface area contributed by atoms with Crippen LogP contribution < -0.4 is 10.2 Å². The number of anilines is 2. The van der Waals surface area contributed by atoms with Crippen molar-refractivity contribution in [2.75, 3.05) is 37.5 Å². The van der Waals surface area contributed by atoms with Crippen LogP contribution in [0.2, 0.25) is 0 Å². The zero-order valence-electron chi connectivity index (χ0n) is 24.3. The standard InChI is InChI=1S/C32H36N4O5/c1-7-40-31(38)25-23(19-12-10-9-11-13-19)27(32(39)41-8-2)29(37)26-24(25)22-18(3)34-36(6)30(22)33-28(26)20-14-16-21(17-15-20)35(4)5/h9-17,23,25,27-28,33H,7-8H2,1-6H3/t23-,25-,27-,28+/m0/s1. The summed E-state index contributed by atoms with van der Waals surface area (Å²) in [5, 5.41) is 8.18. The summed E-state index contributed by atoms with van der Waals surface area (Å²) in [5.41, 5.74) is 4.81. The molecule has 1 aliphatic heterocycles. The van der Waals surface area contributed by atoms with Crippen molar-refractivity contribution in [3.63, 3.8) is 0 Å². The van der Waals surface area contributed by atoms with E-state index in [-0.39, 0.29) is 19.0 Å². The van der Waals surface area contributed by atoms with Gasteiger partial charge in [-0.1, -0.05) is 42.5 Å². The van der Waals surface area contributed by atoms with Crippen molar-refractivity contribution in [1.29, 1.82) is 0 Å². The first kappa shape index (κ1) is 28.1. The zero-order chi connectivity index (χ0) is 29.4. The molecule has 0 unspecified atom stereocenters. The molecule has 0 amide bonds. The lowest BCUT2D eigenvalue weighted by Crippen LogP contribution is -2.46. The number of Topliss-reactive ketones (excluding diaryl/α,β-unsaturated/α-hetero) is 1. The molecule has 1 N–H and O–H groups in total. The van der Waals surface area contributed by atoms with Gasteiger partial charge < -0.3 is 19.7 Å². The number of ketones is 1. The van der Waals surface area contributed by atoms with Crippen molar-refractivity contribution < 1.29 is 23.9 Å². The summed E-state index contributed by atoms with van der Waals surface area (Å²) in [7, 11) is 5.75. The van der Waals surface area contributed by atoms with Gasteiger partial charge in [-0.25, -0.2) is 0 Å². The van der Waals surface area contributed by atoms with Crippen molar-refractivity contribution in [1.82, 2.24) is 9.78 Å². The molecule has 5 rings (SSSR count). The van der Waals surface area contributed by atoms with Gasteiger partial charge >= 0.3 is 11.9 Å². The molecule has 0 bridgehead atoms. The van der Waals surface area contributed by atoms with Crippen LogP contribution in [0.15, 0.2) is 60.2 Å². The van der Waals surface area contributed by atoms with Crippen LogP contribution >= 0.6 is 0 Å². The van der Waals surface area contributed by atoms with Crippen LogP contribution in [0.3, 0.4) is 0 Å². The Morgan fingerprint density at radius 3 is 2.10 bits per heavy atom. The van der Waals surface area contributed by atoms with E-state index in [0.717, 1.165) is 11.3 Å². The van der Waals surface area contributed by atoms with E-state index < -0.39 is 35.7 Å².